The number of methoxy groups -OCH3 is 1. The standard InChI is InChI=1S/C24H30N2O5/c1-3-22(23(27)19-9-5-4-6-10-19)31-24-25-20-11-7-8-12-21(20)26(24)13-14-29-17-18-30-16-15-28-2/h3-12,22-23,27H,1,13-18H2,2H3/t22-,23-/m0/s1. The van der Waals surface area contributed by atoms with Crippen molar-refractivity contribution in [3.8, 4) is 6.01 Å². The zero-order valence-electron chi connectivity index (χ0n) is 17.9. The van der Waals surface area contributed by atoms with Crippen molar-refractivity contribution in [2.24, 2.45) is 0 Å². The first-order valence-corrected chi connectivity index (χ1v) is 10.4. The normalized spacial score (nSPS) is 13.2. The molecule has 3 aromatic rings. The summed E-state index contributed by atoms with van der Waals surface area (Å²) in [6.45, 7) is 7.00. The highest BCUT2D eigenvalue weighted by molar-refractivity contribution is 5.76. The van der Waals surface area contributed by atoms with Crippen LogP contribution < -0.4 is 4.74 Å². The number of aliphatic hydroxyl groups excluding tert-OH is 1. The lowest BCUT2D eigenvalue weighted by molar-refractivity contribution is 0.0218. The van der Waals surface area contributed by atoms with Crippen LogP contribution in [0.3, 0.4) is 0 Å². The minimum absolute atomic E-state index is 0.418. The number of hydrogen-bond acceptors (Lipinski definition) is 6. The smallest absolute Gasteiger partial charge is 0.298 e. The summed E-state index contributed by atoms with van der Waals surface area (Å²) in [6, 6.07) is 17.6. The molecule has 1 aromatic heterocycles. The summed E-state index contributed by atoms with van der Waals surface area (Å²) in [7, 11) is 1.64. The first-order chi connectivity index (χ1) is 15.2. The predicted molar refractivity (Wildman–Crippen MR) is 119 cm³/mol. The molecule has 0 aliphatic carbocycles. The topological polar surface area (TPSA) is 75.0 Å². The molecular weight excluding hydrogens is 396 g/mol. The fourth-order valence-electron chi connectivity index (χ4n) is 3.18. The number of imidazole rings is 1. The fraction of sp³-hybridized carbons (Fsp3) is 0.375. The number of rotatable bonds is 14. The van der Waals surface area contributed by atoms with Gasteiger partial charge in [-0.1, -0.05) is 49.0 Å². The van der Waals surface area contributed by atoms with E-state index in [2.05, 4.69) is 11.6 Å². The third kappa shape index (κ3) is 6.38. The van der Waals surface area contributed by atoms with Crippen LogP contribution in [0.1, 0.15) is 11.7 Å². The van der Waals surface area contributed by atoms with Crippen molar-refractivity contribution < 1.29 is 24.1 Å². The molecule has 1 heterocycles. The van der Waals surface area contributed by atoms with Crippen molar-refractivity contribution in [3.05, 3.63) is 72.8 Å². The lowest BCUT2D eigenvalue weighted by atomic mass is 10.0. The first kappa shape index (κ1) is 23.0. The van der Waals surface area contributed by atoms with Crippen LogP contribution >= 0.6 is 0 Å². The van der Waals surface area contributed by atoms with E-state index >= 15 is 0 Å². The van der Waals surface area contributed by atoms with Crippen molar-refractivity contribution in [1.29, 1.82) is 0 Å². The van der Waals surface area contributed by atoms with Crippen LogP contribution in [-0.2, 0) is 20.8 Å². The molecular formula is C24H30N2O5. The number of hydrogen-bond donors (Lipinski definition) is 1. The molecule has 1 N–H and O–H groups in total. The molecule has 0 radical (unpaired) electrons. The number of para-hydroxylation sites is 2. The number of ether oxygens (including phenoxy) is 4. The van der Waals surface area contributed by atoms with Crippen LogP contribution in [0.15, 0.2) is 67.3 Å². The van der Waals surface area contributed by atoms with Crippen molar-refractivity contribution in [1.82, 2.24) is 9.55 Å². The maximum absolute atomic E-state index is 10.8. The third-order valence-electron chi connectivity index (χ3n) is 4.81. The van der Waals surface area contributed by atoms with Crippen molar-refractivity contribution in [3.63, 3.8) is 0 Å². The molecule has 7 nitrogen and oxygen atoms in total. The van der Waals surface area contributed by atoms with Crippen molar-refractivity contribution in [2.45, 2.75) is 18.8 Å². The number of aromatic nitrogens is 2. The monoisotopic (exact) mass is 426 g/mol. The van der Waals surface area contributed by atoms with Gasteiger partial charge in [0.05, 0.1) is 50.6 Å². The van der Waals surface area contributed by atoms with E-state index in [0.29, 0.717) is 45.6 Å². The Bertz CT molecular complexity index is 928. The molecule has 0 unspecified atom stereocenters. The van der Waals surface area contributed by atoms with Gasteiger partial charge in [-0.25, -0.2) is 0 Å². The second-order valence-electron chi connectivity index (χ2n) is 6.93. The molecule has 2 atom stereocenters. The minimum atomic E-state index is -0.854. The fourth-order valence-corrected chi connectivity index (χ4v) is 3.18. The molecule has 0 amide bonds. The summed E-state index contributed by atoms with van der Waals surface area (Å²) in [5, 5.41) is 10.8. The minimum Gasteiger partial charge on any atom is -0.454 e. The van der Waals surface area contributed by atoms with Gasteiger partial charge in [0.1, 0.15) is 12.2 Å². The molecule has 7 heteroatoms. The van der Waals surface area contributed by atoms with Crippen LogP contribution in [0.5, 0.6) is 6.01 Å². The third-order valence-corrected chi connectivity index (χ3v) is 4.81. The van der Waals surface area contributed by atoms with Gasteiger partial charge in [-0.15, -0.1) is 0 Å². The summed E-state index contributed by atoms with van der Waals surface area (Å²) in [5.41, 5.74) is 2.51. The second kappa shape index (κ2) is 12.2. The Morgan fingerprint density at radius 3 is 2.39 bits per heavy atom. The van der Waals surface area contributed by atoms with E-state index in [0.717, 1.165) is 16.6 Å². The van der Waals surface area contributed by atoms with E-state index in [1.54, 1.807) is 13.2 Å². The Kier molecular flexibility index (Phi) is 9.05. The van der Waals surface area contributed by atoms with E-state index in [1.165, 1.54) is 0 Å². The summed E-state index contributed by atoms with van der Waals surface area (Å²) < 4.78 is 24.1. The zero-order chi connectivity index (χ0) is 21.9. The average Bonchev–Trinajstić information content (AvgIpc) is 3.16. The van der Waals surface area contributed by atoms with E-state index < -0.39 is 12.2 Å². The molecule has 166 valence electrons. The van der Waals surface area contributed by atoms with Gasteiger partial charge >= 0.3 is 0 Å². The summed E-state index contributed by atoms with van der Waals surface area (Å²) >= 11 is 0. The zero-order valence-corrected chi connectivity index (χ0v) is 17.9. The Morgan fingerprint density at radius 2 is 1.65 bits per heavy atom. The Morgan fingerprint density at radius 1 is 0.968 bits per heavy atom. The lowest BCUT2D eigenvalue weighted by Gasteiger charge is -2.21. The molecule has 0 fully saturated rings. The van der Waals surface area contributed by atoms with Gasteiger partial charge in [-0.3, -0.25) is 4.57 Å². The summed E-state index contributed by atoms with van der Waals surface area (Å²) in [6.07, 6.45) is 0.0930. The first-order valence-electron chi connectivity index (χ1n) is 10.4. The molecule has 31 heavy (non-hydrogen) atoms. The van der Waals surface area contributed by atoms with E-state index in [4.69, 9.17) is 18.9 Å². The van der Waals surface area contributed by atoms with Crippen LogP contribution in [0.25, 0.3) is 11.0 Å². The molecule has 0 aliphatic rings. The second-order valence-corrected chi connectivity index (χ2v) is 6.93. The van der Waals surface area contributed by atoms with Crippen LogP contribution in [0.4, 0.5) is 0 Å². The average molecular weight is 427 g/mol. The van der Waals surface area contributed by atoms with Crippen LogP contribution in [0.2, 0.25) is 0 Å². The van der Waals surface area contributed by atoms with Gasteiger partial charge in [-0.05, 0) is 23.8 Å². The Labute approximate surface area is 182 Å². The van der Waals surface area contributed by atoms with Crippen LogP contribution in [-0.4, -0.2) is 60.9 Å². The predicted octanol–water partition coefficient (Wildman–Crippen LogP) is 3.38. The van der Waals surface area contributed by atoms with Gasteiger partial charge < -0.3 is 24.1 Å². The number of fused-ring (bicyclic) bond motifs is 1. The molecule has 0 saturated carbocycles. The largest absolute Gasteiger partial charge is 0.454 e. The van der Waals surface area contributed by atoms with Gasteiger partial charge in [0.2, 0.25) is 0 Å². The highest BCUT2D eigenvalue weighted by atomic mass is 16.5. The summed E-state index contributed by atoms with van der Waals surface area (Å²) in [5.74, 6) is 0. The molecule has 2 aromatic carbocycles. The number of benzene rings is 2. The Hall–Kier alpha value is -2.71. The SMILES string of the molecule is C=C[C@H](Oc1nc2ccccc2n1CCOCCOCCOC)[C@@H](O)c1ccccc1. The molecule has 3 rings (SSSR count). The van der Waals surface area contributed by atoms with Gasteiger partial charge in [-0.2, -0.15) is 4.98 Å². The van der Waals surface area contributed by atoms with E-state index in [9.17, 15) is 5.11 Å². The van der Waals surface area contributed by atoms with Crippen molar-refractivity contribution in [2.75, 3.05) is 40.1 Å². The molecule has 0 aliphatic heterocycles. The molecule has 0 saturated heterocycles. The highest BCUT2D eigenvalue weighted by Crippen LogP contribution is 2.26. The lowest BCUT2D eigenvalue weighted by Crippen LogP contribution is -2.25. The Balaban J connectivity index is 1.66. The van der Waals surface area contributed by atoms with Gasteiger partial charge in [0.25, 0.3) is 6.01 Å². The quantitative estimate of drug-likeness (QED) is 0.315. The number of nitrogens with zero attached hydrogens (tertiary/aromatic N) is 2. The van der Waals surface area contributed by atoms with Crippen molar-refractivity contribution >= 4 is 11.0 Å². The molecule has 0 bridgehead atoms. The van der Waals surface area contributed by atoms with Gasteiger partial charge in [0, 0.05) is 7.11 Å². The van der Waals surface area contributed by atoms with E-state index in [-0.39, 0.29) is 0 Å². The summed E-state index contributed by atoms with van der Waals surface area (Å²) in [4.78, 5) is 4.61. The maximum Gasteiger partial charge on any atom is 0.298 e. The number of aliphatic hydroxyl groups is 1. The maximum atomic E-state index is 10.8. The van der Waals surface area contributed by atoms with E-state index in [1.807, 2.05) is 59.2 Å². The molecule has 0 spiro atoms. The highest BCUT2D eigenvalue weighted by Gasteiger charge is 2.23. The van der Waals surface area contributed by atoms with Gasteiger partial charge in [0.15, 0.2) is 0 Å². The van der Waals surface area contributed by atoms with Crippen LogP contribution in [0, 0.1) is 0 Å².